The van der Waals surface area contributed by atoms with Crippen LogP contribution in [0.2, 0.25) is 0 Å². The van der Waals surface area contributed by atoms with Crippen LogP contribution in [0.5, 0.6) is 0 Å². The number of carbonyl (C=O) groups excluding carboxylic acids is 2. The van der Waals surface area contributed by atoms with E-state index in [-0.39, 0.29) is 18.3 Å². The summed E-state index contributed by atoms with van der Waals surface area (Å²) in [6.45, 7) is 8.06. The normalized spacial score (nSPS) is 26.2. The van der Waals surface area contributed by atoms with E-state index in [4.69, 9.17) is 9.15 Å². The smallest absolute Gasteiger partial charge is 0.319 e. The number of fused-ring (bicyclic) bond motifs is 1. The topological polar surface area (TPSA) is 56.5 Å². The minimum atomic E-state index is -1.09. The second-order valence-corrected chi connectivity index (χ2v) is 7.34. The Kier molecular flexibility index (Phi) is 5.16. The number of hydrogen-bond donors (Lipinski definition) is 0. The number of furan rings is 1. The molecule has 2 aliphatic carbocycles. The van der Waals surface area contributed by atoms with Crippen molar-refractivity contribution in [2.45, 2.75) is 71.1 Å². The van der Waals surface area contributed by atoms with Crippen molar-refractivity contribution in [1.29, 1.82) is 0 Å². The number of Topliss-reactive ketones (excluding diaryl/α,β-unsaturated/α-hetero) is 1. The van der Waals surface area contributed by atoms with Gasteiger partial charge in [-0.2, -0.15) is 0 Å². The molecule has 0 spiro atoms. The van der Waals surface area contributed by atoms with Gasteiger partial charge in [0.2, 0.25) is 0 Å². The fourth-order valence-electron chi connectivity index (χ4n) is 4.46. The Morgan fingerprint density at radius 2 is 2.04 bits per heavy atom. The summed E-state index contributed by atoms with van der Waals surface area (Å²) in [7, 11) is 0. The van der Waals surface area contributed by atoms with Crippen LogP contribution >= 0.6 is 0 Å². The average molecular weight is 344 g/mol. The lowest BCUT2D eigenvalue weighted by Crippen LogP contribution is -2.38. The van der Waals surface area contributed by atoms with Crippen LogP contribution < -0.4 is 0 Å². The van der Waals surface area contributed by atoms with Gasteiger partial charge in [0, 0.05) is 12.3 Å². The van der Waals surface area contributed by atoms with Gasteiger partial charge in [-0.25, -0.2) is 0 Å². The van der Waals surface area contributed by atoms with Gasteiger partial charge < -0.3 is 9.15 Å². The lowest BCUT2D eigenvalue weighted by atomic mass is 9.79. The minimum absolute atomic E-state index is 0.0488. The summed E-state index contributed by atoms with van der Waals surface area (Å²) in [4.78, 5) is 25.3. The lowest BCUT2D eigenvalue weighted by Gasteiger charge is -2.24. The molecule has 0 bridgehead atoms. The van der Waals surface area contributed by atoms with Crippen molar-refractivity contribution in [1.82, 2.24) is 0 Å². The van der Waals surface area contributed by atoms with Gasteiger partial charge in [0.15, 0.2) is 0 Å². The number of ketones is 1. The molecule has 2 aliphatic rings. The summed E-state index contributed by atoms with van der Waals surface area (Å²) < 4.78 is 11.2. The molecule has 25 heavy (non-hydrogen) atoms. The highest BCUT2D eigenvalue weighted by Gasteiger charge is 2.54. The fourth-order valence-corrected chi connectivity index (χ4v) is 4.46. The zero-order valence-electron chi connectivity index (χ0n) is 15.4. The Morgan fingerprint density at radius 3 is 2.76 bits per heavy atom. The zero-order chi connectivity index (χ0) is 18.0. The molecule has 4 heteroatoms. The highest BCUT2D eigenvalue weighted by Crippen LogP contribution is 2.52. The number of carbonyl (C=O) groups is 2. The van der Waals surface area contributed by atoms with Crippen LogP contribution in [0.3, 0.4) is 0 Å². The largest absolute Gasteiger partial charge is 0.468 e. The first kappa shape index (κ1) is 18.0. The molecule has 1 saturated carbocycles. The van der Waals surface area contributed by atoms with E-state index in [1.165, 1.54) is 24.0 Å². The third-order valence-electron chi connectivity index (χ3n) is 5.80. The number of hydrogen-bond acceptors (Lipinski definition) is 4. The number of aryl methyl sites for hydroxylation is 1. The quantitative estimate of drug-likeness (QED) is 0.341. The van der Waals surface area contributed by atoms with Gasteiger partial charge >= 0.3 is 5.97 Å². The van der Waals surface area contributed by atoms with E-state index in [1.807, 2.05) is 6.26 Å². The van der Waals surface area contributed by atoms with Crippen molar-refractivity contribution in [3.63, 3.8) is 0 Å². The van der Waals surface area contributed by atoms with Crippen molar-refractivity contribution in [2.75, 3.05) is 6.61 Å². The van der Waals surface area contributed by atoms with Crippen LogP contribution in [-0.2, 0) is 27.2 Å². The Labute approximate surface area is 149 Å². The molecule has 0 aromatic carbocycles. The van der Waals surface area contributed by atoms with E-state index in [0.717, 1.165) is 30.6 Å². The highest BCUT2D eigenvalue weighted by atomic mass is 16.5. The van der Waals surface area contributed by atoms with Crippen molar-refractivity contribution in [2.24, 2.45) is 5.41 Å². The summed E-state index contributed by atoms with van der Waals surface area (Å²) in [5.41, 5.74) is 2.40. The molecule has 2 atom stereocenters. The molecule has 136 valence electrons. The summed E-state index contributed by atoms with van der Waals surface area (Å²) >= 11 is 0. The molecule has 1 heterocycles. The molecule has 2 unspecified atom stereocenters. The standard InChI is InChI=1S/C21H28O4/c1-4-18(22)21(20(23)24-5-2)11-14(3)17(12-21)19-16-10-8-6-7-9-15(16)13-25-19/h13,17H,3-12H2,1-2H3. The van der Waals surface area contributed by atoms with Gasteiger partial charge in [-0.05, 0) is 56.6 Å². The number of ether oxygens (including phenoxy) is 1. The minimum Gasteiger partial charge on any atom is -0.468 e. The molecule has 0 N–H and O–H groups in total. The Hall–Kier alpha value is -1.84. The second-order valence-electron chi connectivity index (χ2n) is 7.34. The van der Waals surface area contributed by atoms with Crippen molar-refractivity contribution in [3.05, 3.63) is 35.3 Å². The summed E-state index contributed by atoms with van der Waals surface area (Å²) in [5, 5.41) is 0. The van der Waals surface area contributed by atoms with Gasteiger partial charge in [0.05, 0.1) is 12.9 Å². The number of esters is 1. The van der Waals surface area contributed by atoms with E-state index in [2.05, 4.69) is 6.58 Å². The first-order chi connectivity index (χ1) is 12.0. The van der Waals surface area contributed by atoms with E-state index in [1.54, 1.807) is 13.8 Å². The maximum absolute atomic E-state index is 12.7. The van der Waals surface area contributed by atoms with Gasteiger partial charge in [-0.1, -0.05) is 25.5 Å². The Morgan fingerprint density at radius 1 is 1.28 bits per heavy atom. The van der Waals surface area contributed by atoms with Crippen LogP contribution in [0.4, 0.5) is 0 Å². The Bertz CT molecular complexity index is 684. The second kappa shape index (κ2) is 7.19. The SMILES string of the molecule is C=C1CC(C(=O)CC)(C(=O)OCC)CC1c1occ2c1CCCCC2. The van der Waals surface area contributed by atoms with Crippen LogP contribution in [0, 0.1) is 5.41 Å². The van der Waals surface area contributed by atoms with Crippen molar-refractivity contribution in [3.8, 4) is 0 Å². The van der Waals surface area contributed by atoms with Gasteiger partial charge in [-0.3, -0.25) is 9.59 Å². The van der Waals surface area contributed by atoms with Gasteiger partial charge in [0.1, 0.15) is 17.0 Å². The van der Waals surface area contributed by atoms with Gasteiger partial charge in [-0.15, -0.1) is 0 Å². The van der Waals surface area contributed by atoms with E-state index < -0.39 is 11.4 Å². The van der Waals surface area contributed by atoms with Crippen LogP contribution in [0.15, 0.2) is 22.8 Å². The highest BCUT2D eigenvalue weighted by molar-refractivity contribution is 6.04. The predicted octanol–water partition coefficient (Wildman–Crippen LogP) is 4.51. The average Bonchev–Trinajstić information content (AvgIpc) is 3.07. The lowest BCUT2D eigenvalue weighted by molar-refractivity contribution is -0.159. The van der Waals surface area contributed by atoms with Crippen molar-refractivity contribution < 1.29 is 18.7 Å². The molecule has 0 amide bonds. The number of rotatable bonds is 5. The molecular formula is C21H28O4. The van der Waals surface area contributed by atoms with Crippen LogP contribution in [0.1, 0.15) is 75.2 Å². The summed E-state index contributed by atoms with van der Waals surface area (Å²) in [6, 6.07) is 0. The first-order valence-electron chi connectivity index (χ1n) is 9.50. The first-order valence-corrected chi connectivity index (χ1v) is 9.50. The maximum atomic E-state index is 12.7. The van der Waals surface area contributed by atoms with Crippen molar-refractivity contribution >= 4 is 11.8 Å². The molecule has 1 fully saturated rings. The molecule has 1 aromatic heterocycles. The summed E-state index contributed by atoms with van der Waals surface area (Å²) in [5.74, 6) is 0.411. The Balaban J connectivity index is 1.94. The fraction of sp³-hybridized carbons (Fsp3) is 0.619. The summed E-state index contributed by atoms with van der Waals surface area (Å²) in [6.07, 6.45) is 8.66. The molecule has 0 aliphatic heterocycles. The molecule has 3 rings (SSSR count). The molecule has 0 saturated heterocycles. The zero-order valence-corrected chi connectivity index (χ0v) is 15.4. The molecule has 4 nitrogen and oxygen atoms in total. The third kappa shape index (κ3) is 3.07. The van der Waals surface area contributed by atoms with Gasteiger partial charge in [0.25, 0.3) is 0 Å². The van der Waals surface area contributed by atoms with E-state index in [9.17, 15) is 9.59 Å². The molecular weight excluding hydrogens is 316 g/mol. The third-order valence-corrected chi connectivity index (χ3v) is 5.80. The molecule has 1 aromatic rings. The van der Waals surface area contributed by atoms with Crippen LogP contribution in [-0.4, -0.2) is 18.4 Å². The maximum Gasteiger partial charge on any atom is 0.319 e. The number of allylic oxidation sites excluding steroid dienone is 1. The molecule has 0 radical (unpaired) electrons. The predicted molar refractivity (Wildman–Crippen MR) is 95.4 cm³/mol. The van der Waals surface area contributed by atoms with E-state index in [0.29, 0.717) is 19.3 Å². The monoisotopic (exact) mass is 344 g/mol. The van der Waals surface area contributed by atoms with E-state index >= 15 is 0 Å². The van der Waals surface area contributed by atoms with Crippen LogP contribution in [0.25, 0.3) is 0 Å².